The molecular weight excluding hydrogens is 300 g/mol. The Labute approximate surface area is 133 Å². The van der Waals surface area contributed by atoms with E-state index >= 15 is 0 Å². The lowest BCUT2D eigenvalue weighted by atomic mass is 10.3. The smallest absolute Gasteiger partial charge is 0.333 e. The Kier molecular flexibility index (Phi) is 3.82. The summed E-state index contributed by atoms with van der Waals surface area (Å²) >= 11 is 1.84. The molecule has 0 radical (unpaired) electrons. The molecule has 1 fully saturated rings. The van der Waals surface area contributed by atoms with E-state index in [1.165, 1.54) is 4.90 Å². The van der Waals surface area contributed by atoms with Gasteiger partial charge in [0.1, 0.15) is 5.69 Å². The van der Waals surface area contributed by atoms with Gasteiger partial charge in [0.15, 0.2) is 0 Å². The molecule has 0 aliphatic heterocycles. The summed E-state index contributed by atoms with van der Waals surface area (Å²) in [5.41, 5.74) is 0.513. The van der Waals surface area contributed by atoms with Crippen LogP contribution in [0, 0.1) is 17.0 Å². The highest BCUT2D eigenvalue weighted by atomic mass is 32.2. The minimum Gasteiger partial charge on any atom is -0.363 e. The summed E-state index contributed by atoms with van der Waals surface area (Å²) in [4.78, 5) is 12.1. The Morgan fingerprint density at radius 1 is 1.41 bits per heavy atom. The van der Waals surface area contributed by atoms with E-state index < -0.39 is 0 Å². The molecule has 1 aromatic heterocycles. The van der Waals surface area contributed by atoms with E-state index in [0.29, 0.717) is 18.1 Å². The first-order valence-corrected chi connectivity index (χ1v) is 7.98. The number of hydrogen-bond donors (Lipinski definition) is 1. The van der Waals surface area contributed by atoms with Gasteiger partial charge >= 0.3 is 5.69 Å². The Hall–Kier alpha value is -2.02. The molecule has 22 heavy (non-hydrogen) atoms. The molecule has 1 heterocycles. The molecule has 0 spiro atoms. The van der Waals surface area contributed by atoms with Crippen LogP contribution in [0.3, 0.4) is 0 Å². The third-order valence-corrected chi connectivity index (χ3v) is 5.33. The van der Waals surface area contributed by atoms with Gasteiger partial charge in [0, 0.05) is 23.2 Å². The topological polar surface area (TPSA) is 73.0 Å². The standard InChI is InChI=1S/C15H18N4O2S/c1-11-13(19(20)21)14(18(2)17-11)16-10-15(8-9-15)22-12-6-4-3-5-7-12/h3-7,16H,8-10H2,1-2H3. The van der Waals surface area contributed by atoms with E-state index in [4.69, 9.17) is 0 Å². The maximum absolute atomic E-state index is 11.2. The largest absolute Gasteiger partial charge is 0.363 e. The fourth-order valence-corrected chi connectivity index (χ4v) is 3.75. The van der Waals surface area contributed by atoms with Crippen LogP contribution in [0.5, 0.6) is 0 Å². The van der Waals surface area contributed by atoms with Gasteiger partial charge in [-0.1, -0.05) is 18.2 Å². The van der Waals surface area contributed by atoms with Crippen LogP contribution in [-0.2, 0) is 7.05 Å². The van der Waals surface area contributed by atoms with Crippen molar-refractivity contribution in [3.05, 3.63) is 46.1 Å². The van der Waals surface area contributed by atoms with E-state index in [-0.39, 0.29) is 15.4 Å². The lowest BCUT2D eigenvalue weighted by Crippen LogP contribution is -2.19. The summed E-state index contributed by atoms with van der Waals surface area (Å²) < 4.78 is 1.68. The van der Waals surface area contributed by atoms with Crippen LogP contribution >= 0.6 is 11.8 Å². The molecule has 0 atom stereocenters. The molecule has 116 valence electrons. The number of rotatable bonds is 6. The Balaban J connectivity index is 1.72. The van der Waals surface area contributed by atoms with Gasteiger partial charge in [-0.05, 0) is 31.9 Å². The van der Waals surface area contributed by atoms with Crippen LogP contribution in [0.4, 0.5) is 11.5 Å². The van der Waals surface area contributed by atoms with Crippen molar-refractivity contribution in [1.82, 2.24) is 9.78 Å². The predicted molar refractivity (Wildman–Crippen MR) is 87.4 cm³/mol. The maximum atomic E-state index is 11.2. The number of thioether (sulfide) groups is 1. The number of aromatic nitrogens is 2. The first-order chi connectivity index (χ1) is 10.5. The number of benzene rings is 1. The minimum absolute atomic E-state index is 0.0722. The van der Waals surface area contributed by atoms with E-state index in [2.05, 4.69) is 22.5 Å². The van der Waals surface area contributed by atoms with Crippen molar-refractivity contribution >= 4 is 23.3 Å². The fourth-order valence-electron chi connectivity index (χ4n) is 2.50. The van der Waals surface area contributed by atoms with Gasteiger partial charge in [0.2, 0.25) is 5.82 Å². The highest BCUT2D eigenvalue weighted by molar-refractivity contribution is 8.01. The lowest BCUT2D eigenvalue weighted by molar-refractivity contribution is -0.384. The zero-order valence-corrected chi connectivity index (χ0v) is 13.4. The first kappa shape index (κ1) is 14.9. The second kappa shape index (κ2) is 5.64. The SMILES string of the molecule is Cc1nn(C)c(NCC2(Sc3ccccc3)CC2)c1[N+](=O)[O-]. The van der Waals surface area contributed by atoms with Crippen LogP contribution < -0.4 is 5.32 Å². The maximum Gasteiger partial charge on any atom is 0.333 e. The molecule has 6 nitrogen and oxygen atoms in total. The summed E-state index contributed by atoms with van der Waals surface area (Å²) in [6.45, 7) is 2.36. The quantitative estimate of drug-likeness (QED) is 0.653. The first-order valence-electron chi connectivity index (χ1n) is 7.17. The van der Waals surface area contributed by atoms with Crippen LogP contribution in [-0.4, -0.2) is 26.0 Å². The summed E-state index contributed by atoms with van der Waals surface area (Å²) in [6.07, 6.45) is 2.23. The van der Waals surface area contributed by atoms with Crippen LogP contribution in [0.2, 0.25) is 0 Å². The Bertz CT molecular complexity index is 695. The molecule has 7 heteroatoms. The molecule has 0 unspecified atom stereocenters. The van der Waals surface area contributed by atoms with E-state index in [1.54, 1.807) is 18.7 Å². The number of anilines is 1. The fraction of sp³-hybridized carbons (Fsp3) is 0.400. The second-order valence-electron chi connectivity index (χ2n) is 5.62. The number of nitro groups is 1. The molecule has 0 saturated heterocycles. The third kappa shape index (κ3) is 2.94. The summed E-state index contributed by atoms with van der Waals surface area (Å²) in [7, 11) is 1.73. The van der Waals surface area contributed by atoms with Gasteiger partial charge in [-0.2, -0.15) is 5.10 Å². The van der Waals surface area contributed by atoms with Gasteiger partial charge < -0.3 is 5.32 Å². The summed E-state index contributed by atoms with van der Waals surface area (Å²) in [5.74, 6) is 0.488. The predicted octanol–water partition coefficient (Wildman–Crippen LogP) is 3.37. The van der Waals surface area contributed by atoms with Crippen molar-refractivity contribution < 1.29 is 4.92 Å². The number of aryl methyl sites for hydroxylation is 2. The third-order valence-electron chi connectivity index (χ3n) is 3.84. The van der Waals surface area contributed by atoms with E-state index in [1.807, 2.05) is 30.0 Å². The highest BCUT2D eigenvalue weighted by Crippen LogP contribution is 2.51. The molecule has 0 bridgehead atoms. The number of nitrogens with one attached hydrogen (secondary N) is 1. The Morgan fingerprint density at radius 3 is 2.68 bits per heavy atom. The average molecular weight is 318 g/mol. The van der Waals surface area contributed by atoms with Crippen molar-refractivity contribution in [2.45, 2.75) is 29.4 Å². The van der Waals surface area contributed by atoms with Crippen LogP contribution in [0.1, 0.15) is 18.5 Å². The van der Waals surface area contributed by atoms with Crippen molar-refractivity contribution in [3.63, 3.8) is 0 Å². The monoisotopic (exact) mass is 318 g/mol. The summed E-state index contributed by atoms with van der Waals surface area (Å²) in [6, 6.07) is 10.3. The van der Waals surface area contributed by atoms with Gasteiger partial charge in [-0.3, -0.25) is 10.1 Å². The zero-order chi connectivity index (χ0) is 15.7. The Morgan fingerprint density at radius 2 is 2.09 bits per heavy atom. The van der Waals surface area contributed by atoms with Gasteiger partial charge in [-0.25, -0.2) is 4.68 Å². The molecule has 1 aliphatic carbocycles. The van der Waals surface area contributed by atoms with Gasteiger partial charge in [-0.15, -0.1) is 11.8 Å². The molecule has 1 aromatic carbocycles. The van der Waals surface area contributed by atoms with Crippen molar-refractivity contribution in [2.24, 2.45) is 7.05 Å². The molecule has 2 aromatic rings. The van der Waals surface area contributed by atoms with E-state index in [0.717, 1.165) is 12.8 Å². The van der Waals surface area contributed by atoms with Crippen molar-refractivity contribution in [1.29, 1.82) is 0 Å². The molecule has 1 aliphatic rings. The molecule has 0 amide bonds. The second-order valence-corrected chi connectivity index (χ2v) is 7.16. The van der Waals surface area contributed by atoms with Gasteiger partial charge in [0.05, 0.1) is 4.92 Å². The molecule has 1 N–H and O–H groups in total. The van der Waals surface area contributed by atoms with Crippen LogP contribution in [0.25, 0.3) is 0 Å². The van der Waals surface area contributed by atoms with Crippen LogP contribution in [0.15, 0.2) is 35.2 Å². The lowest BCUT2D eigenvalue weighted by Gasteiger charge is -2.16. The highest BCUT2D eigenvalue weighted by Gasteiger charge is 2.44. The van der Waals surface area contributed by atoms with Crippen molar-refractivity contribution in [3.8, 4) is 0 Å². The zero-order valence-electron chi connectivity index (χ0n) is 12.6. The number of nitrogens with zero attached hydrogens (tertiary/aromatic N) is 3. The molecule has 1 saturated carbocycles. The minimum atomic E-state index is -0.366. The normalized spacial score (nSPS) is 15.5. The van der Waals surface area contributed by atoms with Gasteiger partial charge in [0.25, 0.3) is 0 Å². The molecule has 3 rings (SSSR count). The molecular formula is C15H18N4O2S. The number of hydrogen-bond acceptors (Lipinski definition) is 5. The van der Waals surface area contributed by atoms with E-state index in [9.17, 15) is 10.1 Å². The average Bonchev–Trinajstić information content (AvgIpc) is 3.16. The van der Waals surface area contributed by atoms with Crippen molar-refractivity contribution in [2.75, 3.05) is 11.9 Å². The summed E-state index contributed by atoms with van der Waals surface area (Å²) in [5, 5.41) is 18.6.